The van der Waals surface area contributed by atoms with Gasteiger partial charge in [0.05, 0.1) is 5.38 Å². The molecule has 18 heavy (non-hydrogen) atoms. The summed E-state index contributed by atoms with van der Waals surface area (Å²) in [6.07, 6.45) is 5.32. The van der Waals surface area contributed by atoms with E-state index in [1.54, 1.807) is 0 Å². The molecule has 1 aliphatic carbocycles. The molecule has 0 saturated heterocycles. The van der Waals surface area contributed by atoms with Crippen LogP contribution in [-0.2, 0) is 0 Å². The number of halogens is 1. The fraction of sp³-hybridized carbons (Fsp3) is 0.647. The van der Waals surface area contributed by atoms with Crippen molar-refractivity contribution in [3.05, 3.63) is 33.4 Å². The highest BCUT2D eigenvalue weighted by Crippen LogP contribution is 2.43. The minimum Gasteiger partial charge on any atom is -0.118 e. The Morgan fingerprint density at radius 2 is 1.17 bits per heavy atom. The molecular weight excluding hydrogens is 240 g/mol. The van der Waals surface area contributed by atoms with Crippen molar-refractivity contribution in [1.82, 2.24) is 0 Å². The first kappa shape index (κ1) is 13.9. The molecule has 0 nitrogen and oxygen atoms in total. The van der Waals surface area contributed by atoms with Crippen molar-refractivity contribution in [1.29, 1.82) is 0 Å². The molecule has 1 heteroatoms. The summed E-state index contributed by atoms with van der Waals surface area (Å²) in [5.41, 5.74) is 8.55. The van der Waals surface area contributed by atoms with Crippen molar-refractivity contribution in [2.75, 3.05) is 0 Å². The van der Waals surface area contributed by atoms with Crippen LogP contribution in [0.25, 0.3) is 0 Å². The van der Waals surface area contributed by atoms with Crippen LogP contribution >= 0.6 is 11.6 Å². The molecule has 1 aliphatic rings. The zero-order valence-electron chi connectivity index (χ0n) is 12.4. The van der Waals surface area contributed by atoms with Crippen molar-refractivity contribution in [3.8, 4) is 0 Å². The molecule has 1 fully saturated rings. The molecule has 0 spiro atoms. The summed E-state index contributed by atoms with van der Waals surface area (Å²) < 4.78 is 0. The largest absolute Gasteiger partial charge is 0.118 e. The average Bonchev–Trinajstić information content (AvgIpc) is 2.88. The van der Waals surface area contributed by atoms with Gasteiger partial charge in [0.25, 0.3) is 0 Å². The van der Waals surface area contributed by atoms with E-state index in [2.05, 4.69) is 34.6 Å². The zero-order valence-corrected chi connectivity index (χ0v) is 13.1. The molecule has 0 amide bonds. The Hall–Kier alpha value is -0.490. The van der Waals surface area contributed by atoms with Gasteiger partial charge >= 0.3 is 0 Å². The van der Waals surface area contributed by atoms with Gasteiger partial charge in [0.1, 0.15) is 0 Å². The smallest absolute Gasteiger partial charge is 0.0618 e. The van der Waals surface area contributed by atoms with Gasteiger partial charge in [-0.15, -0.1) is 11.6 Å². The molecule has 0 aliphatic heterocycles. The van der Waals surface area contributed by atoms with Gasteiger partial charge in [-0.05, 0) is 86.8 Å². The lowest BCUT2D eigenvalue weighted by Gasteiger charge is -2.25. The number of alkyl halides is 1. The van der Waals surface area contributed by atoms with Gasteiger partial charge in [0.2, 0.25) is 0 Å². The SMILES string of the molecule is Cc1c(C)c(C)c(C(Cl)C2CCCC2)c(C)c1C. The van der Waals surface area contributed by atoms with Crippen LogP contribution in [0.3, 0.4) is 0 Å². The Bertz CT molecular complexity index is 424. The molecule has 0 radical (unpaired) electrons. The van der Waals surface area contributed by atoms with Crippen LogP contribution in [0.1, 0.15) is 64.4 Å². The third-order valence-corrected chi connectivity index (χ3v) is 5.72. The van der Waals surface area contributed by atoms with Crippen molar-refractivity contribution in [2.24, 2.45) is 5.92 Å². The van der Waals surface area contributed by atoms with Crippen molar-refractivity contribution in [2.45, 2.75) is 65.7 Å². The van der Waals surface area contributed by atoms with E-state index in [1.807, 2.05) is 0 Å². The lowest BCUT2D eigenvalue weighted by atomic mass is 9.84. The highest BCUT2D eigenvalue weighted by molar-refractivity contribution is 6.21. The molecule has 0 aromatic heterocycles. The summed E-state index contributed by atoms with van der Waals surface area (Å²) in [5.74, 6) is 0.686. The van der Waals surface area contributed by atoms with Crippen molar-refractivity contribution < 1.29 is 0 Å². The second-order valence-electron chi connectivity index (χ2n) is 5.98. The highest BCUT2D eigenvalue weighted by atomic mass is 35.5. The molecule has 1 saturated carbocycles. The lowest BCUT2D eigenvalue weighted by Crippen LogP contribution is -2.10. The fourth-order valence-electron chi connectivity index (χ4n) is 3.43. The predicted octanol–water partition coefficient (Wildman–Crippen LogP) is 5.70. The Kier molecular flexibility index (Phi) is 4.06. The molecule has 0 N–H and O–H groups in total. The van der Waals surface area contributed by atoms with Gasteiger partial charge in [-0.3, -0.25) is 0 Å². The third-order valence-electron chi connectivity index (χ3n) is 5.15. The Morgan fingerprint density at radius 3 is 1.61 bits per heavy atom. The number of hydrogen-bond donors (Lipinski definition) is 0. The topological polar surface area (TPSA) is 0 Å². The van der Waals surface area contributed by atoms with E-state index in [4.69, 9.17) is 11.6 Å². The molecule has 1 aromatic rings. The number of rotatable bonds is 2. The zero-order chi connectivity index (χ0) is 13.4. The van der Waals surface area contributed by atoms with Gasteiger partial charge in [-0.2, -0.15) is 0 Å². The predicted molar refractivity (Wildman–Crippen MR) is 80.7 cm³/mol. The fourth-order valence-corrected chi connectivity index (χ4v) is 4.01. The molecule has 1 unspecified atom stereocenters. The second-order valence-corrected chi connectivity index (χ2v) is 6.46. The van der Waals surface area contributed by atoms with E-state index in [0.717, 1.165) is 0 Å². The molecule has 0 heterocycles. The van der Waals surface area contributed by atoms with Crippen LogP contribution in [0.5, 0.6) is 0 Å². The standard InChI is InChI=1S/C17H25Cl/c1-10-11(2)13(4)16(14(5)12(10)3)17(18)15-8-6-7-9-15/h15,17H,6-9H2,1-5H3. The van der Waals surface area contributed by atoms with Crippen LogP contribution in [0, 0.1) is 40.5 Å². The monoisotopic (exact) mass is 264 g/mol. The summed E-state index contributed by atoms with van der Waals surface area (Å²) in [4.78, 5) is 0. The summed E-state index contributed by atoms with van der Waals surface area (Å²) in [7, 11) is 0. The molecule has 100 valence electrons. The molecule has 1 atom stereocenters. The Labute approximate surface area is 117 Å². The van der Waals surface area contributed by atoms with E-state index in [9.17, 15) is 0 Å². The van der Waals surface area contributed by atoms with Crippen molar-refractivity contribution in [3.63, 3.8) is 0 Å². The van der Waals surface area contributed by atoms with Gasteiger partial charge in [-0.1, -0.05) is 12.8 Å². The molecule has 2 rings (SSSR count). The van der Waals surface area contributed by atoms with Gasteiger partial charge in [-0.25, -0.2) is 0 Å². The van der Waals surface area contributed by atoms with Gasteiger partial charge in [0, 0.05) is 0 Å². The van der Waals surface area contributed by atoms with E-state index in [-0.39, 0.29) is 5.38 Å². The van der Waals surface area contributed by atoms with Crippen LogP contribution in [-0.4, -0.2) is 0 Å². The normalized spacial score (nSPS) is 18.3. The first-order valence-corrected chi connectivity index (χ1v) is 7.59. The second kappa shape index (κ2) is 5.25. The number of hydrogen-bond acceptors (Lipinski definition) is 0. The maximum absolute atomic E-state index is 6.82. The molecular formula is C17H25Cl. The van der Waals surface area contributed by atoms with Crippen LogP contribution in [0.2, 0.25) is 0 Å². The highest BCUT2D eigenvalue weighted by Gasteiger charge is 2.28. The van der Waals surface area contributed by atoms with Crippen LogP contribution in [0.15, 0.2) is 0 Å². The first-order valence-electron chi connectivity index (χ1n) is 7.16. The van der Waals surface area contributed by atoms with Gasteiger partial charge in [0.15, 0.2) is 0 Å². The minimum absolute atomic E-state index is 0.213. The average molecular weight is 265 g/mol. The molecule has 0 bridgehead atoms. The van der Waals surface area contributed by atoms with Crippen LogP contribution in [0.4, 0.5) is 0 Å². The van der Waals surface area contributed by atoms with Crippen molar-refractivity contribution >= 4 is 11.6 Å². The Morgan fingerprint density at radius 1 is 0.778 bits per heavy atom. The van der Waals surface area contributed by atoms with Crippen LogP contribution < -0.4 is 0 Å². The minimum atomic E-state index is 0.213. The quantitative estimate of drug-likeness (QED) is 0.601. The molecule has 1 aromatic carbocycles. The summed E-state index contributed by atoms with van der Waals surface area (Å²) in [5, 5.41) is 0.213. The van der Waals surface area contributed by atoms with Gasteiger partial charge < -0.3 is 0 Å². The van der Waals surface area contributed by atoms with E-state index in [1.165, 1.54) is 59.1 Å². The Balaban J connectivity index is 2.49. The van der Waals surface area contributed by atoms with E-state index in [0.29, 0.717) is 5.92 Å². The summed E-state index contributed by atoms with van der Waals surface area (Å²) in [6.45, 7) is 11.2. The lowest BCUT2D eigenvalue weighted by molar-refractivity contribution is 0.525. The third kappa shape index (κ3) is 2.20. The summed E-state index contributed by atoms with van der Waals surface area (Å²) >= 11 is 6.82. The van der Waals surface area contributed by atoms with E-state index < -0.39 is 0 Å². The number of benzene rings is 1. The summed E-state index contributed by atoms with van der Waals surface area (Å²) in [6, 6.07) is 0. The van der Waals surface area contributed by atoms with E-state index >= 15 is 0 Å². The maximum atomic E-state index is 6.82. The first-order chi connectivity index (χ1) is 8.45. The maximum Gasteiger partial charge on any atom is 0.0618 e.